The summed E-state index contributed by atoms with van der Waals surface area (Å²) in [6, 6.07) is 5.88. The molecule has 5 N–H and O–H groups in total. The molecule has 0 saturated carbocycles. The molecule has 0 aliphatic carbocycles. The van der Waals surface area contributed by atoms with Crippen molar-refractivity contribution in [2.45, 2.75) is 29.4 Å². The van der Waals surface area contributed by atoms with Gasteiger partial charge in [0.05, 0.1) is 28.5 Å². The molecule has 1 aromatic heterocycles. The molecule has 44 heavy (non-hydrogen) atoms. The highest BCUT2D eigenvalue weighted by atomic mass is 35.5. The lowest BCUT2D eigenvalue weighted by Crippen LogP contribution is -2.70. The van der Waals surface area contributed by atoms with Gasteiger partial charge in [-0.2, -0.15) is 17.1 Å². The number of benzene rings is 1. The molecule has 1 saturated heterocycles. The van der Waals surface area contributed by atoms with E-state index in [-0.39, 0.29) is 17.4 Å². The number of hydrogen-bond donors (Lipinski definition) is 4. The lowest BCUT2D eigenvalue weighted by molar-refractivity contribution is -0.506. The smallest absolute Gasteiger partial charge is 0.477 e. The number of nitrogens with two attached hydrogens (primary N) is 1. The van der Waals surface area contributed by atoms with E-state index in [2.05, 4.69) is 10.3 Å². The lowest BCUT2D eigenvalue weighted by Gasteiger charge is -2.49. The summed E-state index contributed by atoms with van der Waals surface area (Å²) in [4.78, 5) is 52.4. The van der Waals surface area contributed by atoms with Crippen LogP contribution in [-0.2, 0) is 19.2 Å². The molecular weight excluding hydrogens is 690 g/mol. The fraction of sp³-hybridized carbons (Fsp3) is 0.280. The van der Waals surface area contributed by atoms with Crippen LogP contribution in [0, 0.1) is 6.92 Å². The minimum Gasteiger partial charge on any atom is -0.477 e. The minimum atomic E-state index is -5.08. The Morgan fingerprint density at radius 2 is 1.95 bits per heavy atom. The zero-order valence-corrected chi connectivity index (χ0v) is 26.3. The molecule has 3 heterocycles. The van der Waals surface area contributed by atoms with Gasteiger partial charge < -0.3 is 21.3 Å². The van der Waals surface area contributed by atoms with Crippen LogP contribution in [0.2, 0.25) is 10.0 Å². The highest BCUT2D eigenvalue weighted by molar-refractivity contribution is 8.00. The van der Waals surface area contributed by atoms with Crippen molar-refractivity contribution in [1.29, 1.82) is 0 Å². The summed E-state index contributed by atoms with van der Waals surface area (Å²) in [6.45, 7) is 1.84. The van der Waals surface area contributed by atoms with Crippen molar-refractivity contribution in [2.24, 2.45) is 0 Å². The standard InChI is InChI=1S/C23H21Cl2N5O4S3.C2HF3O2/c1-12-27-17(26)6-7-29(12)37-8-2-3-13-10-36-22-19(21(32)30(22)20(13)23(33)34)28-18(31)11-35-16-9-14(24)4-5-15(16)25;3-2(4,5)1(6)7/h2-7,9,19,22,26H,8,10-11H2,1H3,(H2,28,31,33,34);(H,6,7)/p+1/b3-2+;/t19-,22?;/m1./s1. The quantitative estimate of drug-likeness (QED) is 0.170. The Morgan fingerprint density at radius 3 is 2.57 bits per heavy atom. The number of nitrogen functional groups attached to an aromatic ring is 1. The van der Waals surface area contributed by atoms with Gasteiger partial charge in [-0.3, -0.25) is 14.5 Å². The molecule has 4 rings (SSSR count). The van der Waals surface area contributed by atoms with E-state index in [1.54, 1.807) is 30.3 Å². The summed E-state index contributed by atoms with van der Waals surface area (Å²) >= 11 is 16.2. The molecule has 1 fully saturated rings. The first-order valence-corrected chi connectivity index (χ1v) is 15.9. The number of aromatic nitrogens is 2. The maximum Gasteiger partial charge on any atom is 0.490 e. The van der Waals surface area contributed by atoms with E-state index in [9.17, 15) is 32.7 Å². The van der Waals surface area contributed by atoms with Crippen LogP contribution in [-0.4, -0.2) is 78.7 Å². The zero-order chi connectivity index (χ0) is 32.8. The summed E-state index contributed by atoms with van der Waals surface area (Å²) < 4.78 is 33.6. The van der Waals surface area contributed by atoms with E-state index < -0.39 is 35.4 Å². The molecule has 0 radical (unpaired) electrons. The molecule has 2 aromatic rings. The number of nitrogens with one attached hydrogen (secondary N) is 1. The van der Waals surface area contributed by atoms with Crippen molar-refractivity contribution in [1.82, 2.24) is 15.2 Å². The van der Waals surface area contributed by atoms with Gasteiger partial charge in [0.15, 0.2) is 0 Å². The Labute approximate surface area is 271 Å². The lowest BCUT2D eigenvalue weighted by atomic mass is 10.0. The third kappa shape index (κ3) is 9.20. The van der Waals surface area contributed by atoms with Gasteiger partial charge in [-0.1, -0.05) is 35.4 Å². The Balaban J connectivity index is 0.000000676. The average molecular weight is 714 g/mol. The van der Waals surface area contributed by atoms with Crippen molar-refractivity contribution in [3.8, 4) is 0 Å². The van der Waals surface area contributed by atoms with E-state index in [0.29, 0.717) is 37.8 Å². The molecular formula is C25H23Cl2F3N5O6S3+. The predicted octanol–water partition coefficient (Wildman–Crippen LogP) is 3.78. The number of thioether (sulfide) groups is 2. The van der Waals surface area contributed by atoms with Gasteiger partial charge in [0.2, 0.25) is 11.7 Å². The number of rotatable bonds is 9. The highest BCUT2D eigenvalue weighted by Gasteiger charge is 2.53. The molecule has 11 nitrogen and oxygen atoms in total. The number of aliphatic carboxylic acids is 2. The number of nitrogens with zero attached hydrogens (tertiary/aromatic N) is 3. The first-order valence-electron chi connectivity index (χ1n) is 12.1. The number of fused-ring (bicyclic) bond motifs is 1. The largest absolute Gasteiger partial charge is 0.490 e. The summed E-state index contributed by atoms with van der Waals surface area (Å²) in [5.74, 6) is -2.57. The molecule has 2 aliphatic heterocycles. The highest BCUT2D eigenvalue weighted by Crippen LogP contribution is 2.41. The number of allylic oxidation sites excluding steroid dienone is 1. The Kier molecular flexibility index (Phi) is 12.3. The first-order chi connectivity index (χ1) is 20.6. The van der Waals surface area contributed by atoms with Crippen molar-refractivity contribution in [3.63, 3.8) is 0 Å². The SMILES string of the molecule is Cc1nc(N)cc[n+]1SC/C=C/C1=C(C(=O)O)N2C(=O)[C@@H](NC(=O)CSc3cc(Cl)ccc3Cl)C2SC1.O=C(O)C(F)(F)F. The van der Waals surface area contributed by atoms with Gasteiger partial charge in [-0.25, -0.2) is 9.59 Å². The summed E-state index contributed by atoms with van der Waals surface area (Å²) in [6.07, 6.45) is 0.299. The normalized spacial score (nSPS) is 17.9. The number of carbonyl (C=O) groups excluding carboxylic acids is 2. The van der Waals surface area contributed by atoms with Crippen molar-refractivity contribution < 1.29 is 46.5 Å². The second kappa shape index (κ2) is 15.2. The second-order valence-electron chi connectivity index (χ2n) is 8.72. The number of β-lactam (4-membered cyclic amide) rings is 1. The number of amides is 2. The van der Waals surface area contributed by atoms with Crippen LogP contribution in [0.15, 0.2) is 58.8 Å². The van der Waals surface area contributed by atoms with Crippen LogP contribution in [0.3, 0.4) is 0 Å². The number of halogens is 5. The van der Waals surface area contributed by atoms with E-state index in [4.69, 9.17) is 38.8 Å². The van der Waals surface area contributed by atoms with E-state index in [1.807, 2.05) is 23.2 Å². The molecule has 19 heteroatoms. The van der Waals surface area contributed by atoms with Crippen molar-refractivity contribution >= 4 is 88.2 Å². The fourth-order valence-electron chi connectivity index (χ4n) is 3.69. The third-order valence-electron chi connectivity index (χ3n) is 5.63. The molecule has 2 amide bonds. The summed E-state index contributed by atoms with van der Waals surface area (Å²) in [5.41, 5.74) is 6.15. The van der Waals surface area contributed by atoms with Gasteiger partial charge in [0, 0.05) is 28.7 Å². The predicted molar refractivity (Wildman–Crippen MR) is 161 cm³/mol. The number of carboxylic acids is 2. The van der Waals surface area contributed by atoms with E-state index in [0.717, 1.165) is 5.82 Å². The van der Waals surface area contributed by atoms with Crippen molar-refractivity contribution in [2.75, 3.05) is 23.0 Å². The van der Waals surface area contributed by atoms with E-state index >= 15 is 0 Å². The molecule has 236 valence electrons. The Hall–Kier alpha value is -3.12. The van der Waals surface area contributed by atoms with Crippen LogP contribution in [0.1, 0.15) is 5.82 Å². The number of anilines is 1. The average Bonchev–Trinajstić information content (AvgIpc) is 2.94. The molecule has 0 bridgehead atoms. The number of alkyl halides is 3. The second-order valence-corrected chi connectivity index (χ2v) is 12.7. The fourth-order valence-corrected chi connectivity index (χ4v) is 7.03. The minimum absolute atomic E-state index is 0.0372. The first kappa shape index (κ1) is 35.4. The van der Waals surface area contributed by atoms with Crippen LogP contribution >= 0.6 is 58.7 Å². The van der Waals surface area contributed by atoms with Gasteiger partial charge in [0.1, 0.15) is 23.3 Å². The van der Waals surface area contributed by atoms with Crippen LogP contribution in [0.25, 0.3) is 0 Å². The number of carbonyl (C=O) groups is 4. The molecule has 1 unspecified atom stereocenters. The number of hydrogen-bond acceptors (Lipinski definition) is 9. The molecule has 2 atom stereocenters. The van der Waals surface area contributed by atoms with Crippen LogP contribution < -0.4 is 15.0 Å². The van der Waals surface area contributed by atoms with Crippen LogP contribution in [0.4, 0.5) is 19.0 Å². The molecule has 2 aliphatic rings. The van der Waals surface area contributed by atoms with Gasteiger partial charge in [0.25, 0.3) is 5.91 Å². The van der Waals surface area contributed by atoms with Crippen molar-refractivity contribution in [3.05, 3.63) is 69.8 Å². The monoisotopic (exact) mass is 712 g/mol. The number of aryl methyl sites for hydroxylation is 1. The van der Waals surface area contributed by atoms with Gasteiger partial charge >= 0.3 is 23.9 Å². The zero-order valence-electron chi connectivity index (χ0n) is 22.4. The molecule has 0 spiro atoms. The Bertz CT molecular complexity index is 1530. The summed E-state index contributed by atoms with van der Waals surface area (Å²) in [7, 11) is 0. The maximum absolute atomic E-state index is 12.9. The van der Waals surface area contributed by atoms with E-state index in [1.165, 1.54) is 40.4 Å². The Morgan fingerprint density at radius 1 is 1.27 bits per heavy atom. The third-order valence-corrected chi connectivity index (χ3v) is 9.67. The topological polar surface area (TPSA) is 167 Å². The van der Waals surface area contributed by atoms with Gasteiger partial charge in [-0.05, 0) is 28.8 Å². The van der Waals surface area contributed by atoms with Crippen LogP contribution in [0.5, 0.6) is 0 Å². The number of carboxylic acid groups (broad SMARTS) is 2. The molecule has 1 aromatic carbocycles. The maximum atomic E-state index is 12.9. The summed E-state index contributed by atoms with van der Waals surface area (Å²) in [5, 5.41) is 20.2. The van der Waals surface area contributed by atoms with Gasteiger partial charge in [-0.15, -0.1) is 23.5 Å².